The Morgan fingerprint density at radius 2 is 1.54 bits per heavy atom. The van der Waals surface area contributed by atoms with Crippen LogP contribution in [-0.2, 0) is 14.3 Å². The summed E-state index contributed by atoms with van der Waals surface area (Å²) in [5.41, 5.74) is 0.667. The van der Waals surface area contributed by atoms with Crippen molar-refractivity contribution in [3.05, 3.63) is 0 Å². The Kier molecular flexibility index (Phi) is 4.51. The number of hydrogen-bond acceptors (Lipinski definition) is 3. The lowest BCUT2D eigenvalue weighted by atomic mass is 9.44. The Morgan fingerprint density at radius 1 is 0.846 bits per heavy atom. The highest BCUT2D eigenvalue weighted by atomic mass is 16.5. The van der Waals surface area contributed by atoms with Gasteiger partial charge in [0.2, 0.25) is 0 Å². The zero-order valence-electron chi connectivity index (χ0n) is 17.1. The van der Waals surface area contributed by atoms with Crippen LogP contribution in [0.1, 0.15) is 85.5 Å². The first-order valence-corrected chi connectivity index (χ1v) is 10.9. The lowest BCUT2D eigenvalue weighted by Crippen LogP contribution is -2.54. The van der Waals surface area contributed by atoms with E-state index in [2.05, 4.69) is 13.8 Å². The molecule has 3 nitrogen and oxygen atoms in total. The predicted molar refractivity (Wildman–Crippen MR) is 101 cm³/mol. The van der Waals surface area contributed by atoms with E-state index < -0.39 is 0 Å². The molecule has 4 rings (SSSR count). The second-order valence-corrected chi connectivity index (χ2v) is 10.4. The van der Waals surface area contributed by atoms with E-state index in [0.717, 1.165) is 37.0 Å². The minimum absolute atomic E-state index is 0.123. The van der Waals surface area contributed by atoms with Gasteiger partial charge >= 0.3 is 5.97 Å². The van der Waals surface area contributed by atoms with Crippen molar-refractivity contribution in [2.24, 2.45) is 40.4 Å². The Bertz CT molecular complexity index is 598. The van der Waals surface area contributed by atoms with Crippen LogP contribution < -0.4 is 0 Å². The van der Waals surface area contributed by atoms with Crippen LogP contribution in [0.15, 0.2) is 0 Å². The molecule has 0 aromatic carbocycles. The van der Waals surface area contributed by atoms with Gasteiger partial charge in [0.05, 0.1) is 0 Å². The van der Waals surface area contributed by atoms with E-state index in [-0.39, 0.29) is 17.5 Å². The van der Waals surface area contributed by atoms with E-state index in [0.29, 0.717) is 23.0 Å². The van der Waals surface area contributed by atoms with Crippen molar-refractivity contribution in [2.75, 3.05) is 0 Å². The van der Waals surface area contributed by atoms with Gasteiger partial charge in [0, 0.05) is 12.8 Å². The van der Waals surface area contributed by atoms with Gasteiger partial charge in [-0.1, -0.05) is 13.8 Å². The first-order valence-electron chi connectivity index (χ1n) is 10.9. The van der Waals surface area contributed by atoms with Crippen LogP contribution in [0.3, 0.4) is 0 Å². The highest BCUT2D eigenvalue weighted by Gasteiger charge is 2.60. The molecule has 8 atom stereocenters. The lowest BCUT2D eigenvalue weighted by Gasteiger charge is -2.61. The molecule has 0 radical (unpaired) electrons. The van der Waals surface area contributed by atoms with Gasteiger partial charge in [-0.25, -0.2) is 0 Å². The smallest absolute Gasteiger partial charge is 0.302 e. The molecule has 0 saturated heterocycles. The average molecular weight is 361 g/mol. The third-order valence-electron chi connectivity index (χ3n) is 9.44. The maximum atomic E-state index is 12.2. The predicted octanol–water partition coefficient (Wildman–Crippen LogP) is 5.17. The van der Waals surface area contributed by atoms with Crippen molar-refractivity contribution < 1.29 is 14.3 Å². The number of rotatable bonds is 2. The topological polar surface area (TPSA) is 43.4 Å². The number of fused-ring (bicyclic) bond motifs is 5. The Labute approximate surface area is 158 Å². The van der Waals surface area contributed by atoms with Gasteiger partial charge in [-0.3, -0.25) is 9.59 Å². The van der Waals surface area contributed by atoms with Crippen LogP contribution in [0.2, 0.25) is 0 Å². The molecule has 0 N–H and O–H groups in total. The lowest BCUT2D eigenvalue weighted by molar-refractivity contribution is -0.161. The summed E-state index contributed by atoms with van der Waals surface area (Å²) in [6, 6.07) is 0. The summed E-state index contributed by atoms with van der Waals surface area (Å²) in [6.45, 7) is 8.33. The molecule has 146 valence electrons. The highest BCUT2D eigenvalue weighted by molar-refractivity contribution is 5.79. The normalized spacial score (nSPS) is 50.3. The number of carbonyl (C=O) groups is 2. The SMILES string of the molecule is CC(=O)O[C@H]1CC[C@@]2(C)C(CCC3C2CC[C@]2(C)C(C(C)=O)CCC32)C1. The zero-order valence-corrected chi connectivity index (χ0v) is 17.1. The van der Waals surface area contributed by atoms with Crippen LogP contribution in [0, 0.1) is 40.4 Å². The number of hydrogen-bond donors (Lipinski definition) is 0. The molecule has 4 fully saturated rings. The minimum Gasteiger partial charge on any atom is -0.463 e. The molecule has 0 heterocycles. The Hall–Kier alpha value is -0.860. The van der Waals surface area contributed by atoms with Crippen molar-refractivity contribution in [1.82, 2.24) is 0 Å². The van der Waals surface area contributed by atoms with Crippen LogP contribution in [0.25, 0.3) is 0 Å². The number of ketones is 1. The van der Waals surface area contributed by atoms with Crippen molar-refractivity contribution in [2.45, 2.75) is 91.6 Å². The van der Waals surface area contributed by atoms with Crippen molar-refractivity contribution in [3.63, 3.8) is 0 Å². The molecule has 26 heavy (non-hydrogen) atoms. The molecule has 0 amide bonds. The number of Topliss-reactive ketones (excluding diaryl/α,β-unsaturated/α-hetero) is 1. The first kappa shape index (κ1) is 18.5. The van der Waals surface area contributed by atoms with Gasteiger partial charge in [0.15, 0.2) is 0 Å². The van der Waals surface area contributed by atoms with E-state index in [9.17, 15) is 9.59 Å². The molecule has 5 unspecified atom stereocenters. The maximum Gasteiger partial charge on any atom is 0.302 e. The standard InChI is InChI=1S/C23H36O3/c1-14(24)19-7-8-20-18-6-5-16-13-17(26-15(2)25)9-11-22(16,3)21(18)10-12-23(19,20)4/h16-21H,5-13H2,1-4H3/t16?,17-,18?,19?,20?,21?,22-,23+/m0/s1. The van der Waals surface area contributed by atoms with Gasteiger partial charge in [-0.2, -0.15) is 0 Å². The van der Waals surface area contributed by atoms with Crippen LogP contribution in [0.4, 0.5) is 0 Å². The fraction of sp³-hybridized carbons (Fsp3) is 0.913. The van der Waals surface area contributed by atoms with E-state index in [1.54, 1.807) is 0 Å². The summed E-state index contributed by atoms with van der Waals surface area (Å²) in [7, 11) is 0. The molecule has 4 aliphatic rings. The number of esters is 1. The third-order valence-corrected chi connectivity index (χ3v) is 9.44. The third kappa shape index (κ3) is 2.67. The quantitative estimate of drug-likeness (QED) is 0.638. The first-order chi connectivity index (χ1) is 12.3. The van der Waals surface area contributed by atoms with Gasteiger partial charge in [0.1, 0.15) is 11.9 Å². The van der Waals surface area contributed by atoms with E-state index in [1.807, 2.05) is 6.92 Å². The van der Waals surface area contributed by atoms with Crippen LogP contribution >= 0.6 is 0 Å². The van der Waals surface area contributed by atoms with Crippen molar-refractivity contribution in [3.8, 4) is 0 Å². The average Bonchev–Trinajstić information content (AvgIpc) is 2.92. The molecule has 0 aromatic rings. The van der Waals surface area contributed by atoms with Crippen molar-refractivity contribution in [1.29, 1.82) is 0 Å². The van der Waals surface area contributed by atoms with Crippen molar-refractivity contribution >= 4 is 11.8 Å². The zero-order chi connectivity index (χ0) is 18.7. The maximum absolute atomic E-state index is 12.2. The molecule has 3 heteroatoms. The Balaban J connectivity index is 1.54. The van der Waals surface area contributed by atoms with Crippen LogP contribution in [-0.4, -0.2) is 17.9 Å². The number of ether oxygens (including phenoxy) is 1. The summed E-state index contributed by atoms with van der Waals surface area (Å²) in [4.78, 5) is 23.6. The summed E-state index contributed by atoms with van der Waals surface area (Å²) in [5, 5.41) is 0. The van der Waals surface area contributed by atoms with E-state index >= 15 is 0 Å². The summed E-state index contributed by atoms with van der Waals surface area (Å²) in [6.07, 6.45) is 11.0. The molecule has 0 aromatic heterocycles. The fourth-order valence-corrected chi connectivity index (χ4v) is 8.23. The van der Waals surface area contributed by atoms with E-state index in [4.69, 9.17) is 4.74 Å². The second kappa shape index (κ2) is 6.34. The van der Waals surface area contributed by atoms with Gasteiger partial charge in [-0.15, -0.1) is 0 Å². The molecule has 0 aliphatic heterocycles. The fourth-order valence-electron chi connectivity index (χ4n) is 8.23. The second-order valence-electron chi connectivity index (χ2n) is 10.4. The van der Waals surface area contributed by atoms with Gasteiger partial charge in [0.25, 0.3) is 0 Å². The van der Waals surface area contributed by atoms with Crippen LogP contribution in [0.5, 0.6) is 0 Å². The Morgan fingerprint density at radius 3 is 2.23 bits per heavy atom. The largest absolute Gasteiger partial charge is 0.463 e. The minimum atomic E-state index is -0.123. The van der Waals surface area contributed by atoms with Gasteiger partial charge < -0.3 is 4.74 Å². The monoisotopic (exact) mass is 360 g/mol. The molecule has 4 aliphatic carbocycles. The van der Waals surface area contributed by atoms with Gasteiger partial charge in [-0.05, 0) is 99.2 Å². The molecular formula is C23H36O3. The molecular weight excluding hydrogens is 324 g/mol. The number of carbonyl (C=O) groups excluding carboxylic acids is 2. The molecule has 0 spiro atoms. The summed E-state index contributed by atoms with van der Waals surface area (Å²) in [5.74, 6) is 3.68. The highest BCUT2D eigenvalue weighted by Crippen LogP contribution is 2.67. The summed E-state index contributed by atoms with van der Waals surface area (Å²) >= 11 is 0. The molecule has 0 bridgehead atoms. The van der Waals surface area contributed by atoms with E-state index in [1.165, 1.54) is 45.4 Å². The summed E-state index contributed by atoms with van der Waals surface area (Å²) < 4.78 is 5.57. The molecule has 4 saturated carbocycles.